The van der Waals surface area contributed by atoms with Gasteiger partial charge in [0.25, 0.3) is 0 Å². The number of rotatable bonds is 4. The molecule has 0 fully saturated rings. The minimum Gasteiger partial charge on any atom is -0.319 e. The van der Waals surface area contributed by atoms with E-state index in [2.05, 4.69) is 26.2 Å². The van der Waals surface area contributed by atoms with Crippen LogP contribution in [0.3, 0.4) is 0 Å². The van der Waals surface area contributed by atoms with Crippen LogP contribution in [-0.4, -0.2) is 18.6 Å². The molecule has 0 aliphatic carbocycles. The first kappa shape index (κ1) is 13.0. The van der Waals surface area contributed by atoms with E-state index in [1.807, 2.05) is 31.3 Å². The molecule has 1 N–H and O–H groups in total. The molecule has 2 nitrogen and oxygen atoms in total. The molecule has 0 aliphatic rings. The van der Waals surface area contributed by atoms with Gasteiger partial charge in [-0.1, -0.05) is 23.7 Å². The van der Waals surface area contributed by atoms with Gasteiger partial charge in [0.05, 0.1) is 9.48 Å². The number of benzene rings is 1. The quantitative estimate of drug-likeness (QED) is 0.916. The van der Waals surface area contributed by atoms with Gasteiger partial charge in [-0.25, -0.2) is 4.98 Å². The van der Waals surface area contributed by atoms with Gasteiger partial charge in [-0.05, 0) is 35.1 Å². The van der Waals surface area contributed by atoms with Crippen molar-refractivity contribution in [3.05, 3.63) is 38.8 Å². The molecule has 0 atom stereocenters. The van der Waals surface area contributed by atoms with Crippen LogP contribution in [-0.2, 0) is 6.42 Å². The molecule has 2 rings (SSSR count). The summed E-state index contributed by atoms with van der Waals surface area (Å²) in [5.74, 6) is 0. The van der Waals surface area contributed by atoms with E-state index in [4.69, 9.17) is 11.6 Å². The van der Waals surface area contributed by atoms with Crippen LogP contribution in [0, 0.1) is 0 Å². The topological polar surface area (TPSA) is 24.9 Å². The molecule has 17 heavy (non-hydrogen) atoms. The molecule has 0 spiro atoms. The second-order valence-corrected chi connectivity index (χ2v) is 6.35. The third-order valence-corrected chi connectivity index (χ3v) is 4.48. The van der Waals surface area contributed by atoms with Gasteiger partial charge in [-0.15, -0.1) is 11.3 Å². The van der Waals surface area contributed by atoms with Crippen molar-refractivity contribution in [1.29, 1.82) is 0 Å². The maximum Gasteiger partial charge on any atom is 0.124 e. The normalized spacial score (nSPS) is 10.8. The molecule has 5 heteroatoms. The van der Waals surface area contributed by atoms with Crippen LogP contribution in [0.15, 0.2) is 28.1 Å². The van der Waals surface area contributed by atoms with Gasteiger partial charge in [-0.3, -0.25) is 0 Å². The highest BCUT2D eigenvalue weighted by molar-refractivity contribution is 9.11. The van der Waals surface area contributed by atoms with E-state index in [1.54, 1.807) is 11.3 Å². The van der Waals surface area contributed by atoms with Crippen molar-refractivity contribution < 1.29 is 0 Å². The second kappa shape index (κ2) is 5.96. The number of halogens is 2. The minimum atomic E-state index is 0.750. The Hall–Kier alpha value is -0.420. The fourth-order valence-corrected chi connectivity index (χ4v) is 3.16. The molecule has 1 aromatic carbocycles. The number of aromatic nitrogens is 1. The van der Waals surface area contributed by atoms with Crippen LogP contribution in [0.2, 0.25) is 5.02 Å². The molecule has 1 aromatic heterocycles. The van der Waals surface area contributed by atoms with Crippen molar-refractivity contribution in [1.82, 2.24) is 10.3 Å². The molecule has 90 valence electrons. The Morgan fingerprint density at radius 3 is 2.71 bits per heavy atom. The summed E-state index contributed by atoms with van der Waals surface area (Å²) in [5, 5.41) is 4.90. The first-order chi connectivity index (χ1) is 8.20. The lowest BCUT2D eigenvalue weighted by Gasteiger charge is -1.96. The highest BCUT2D eigenvalue weighted by Crippen LogP contribution is 2.32. The fourth-order valence-electron chi connectivity index (χ4n) is 1.45. The number of nitrogens with zero attached hydrogens (tertiary/aromatic N) is 1. The second-order valence-electron chi connectivity index (χ2n) is 3.60. The summed E-state index contributed by atoms with van der Waals surface area (Å²) in [6.45, 7) is 0.933. The Morgan fingerprint density at radius 1 is 1.35 bits per heavy atom. The number of thiazole rings is 1. The van der Waals surface area contributed by atoms with Crippen LogP contribution in [0.5, 0.6) is 0 Å². The number of hydrogen-bond acceptors (Lipinski definition) is 3. The van der Waals surface area contributed by atoms with Gasteiger partial charge in [0.15, 0.2) is 0 Å². The van der Waals surface area contributed by atoms with E-state index < -0.39 is 0 Å². The number of likely N-dealkylation sites (N-methyl/N-ethyl adjacent to an activating group) is 1. The smallest absolute Gasteiger partial charge is 0.124 e. The van der Waals surface area contributed by atoms with Gasteiger partial charge < -0.3 is 5.32 Å². The van der Waals surface area contributed by atoms with Crippen LogP contribution in [0.1, 0.15) is 5.69 Å². The van der Waals surface area contributed by atoms with Gasteiger partial charge in [0, 0.05) is 23.6 Å². The van der Waals surface area contributed by atoms with E-state index in [1.165, 1.54) is 0 Å². The Kier molecular flexibility index (Phi) is 4.56. The highest BCUT2D eigenvalue weighted by Gasteiger charge is 2.09. The SMILES string of the molecule is CNCCc1nc(-c2ccc(Cl)cc2)sc1Br. The Bertz CT molecular complexity index is 496. The molecule has 0 saturated heterocycles. The zero-order valence-corrected chi connectivity index (χ0v) is 12.5. The lowest BCUT2D eigenvalue weighted by molar-refractivity contribution is 0.779. The van der Waals surface area contributed by atoms with Gasteiger partial charge in [0.1, 0.15) is 5.01 Å². The average molecular weight is 332 g/mol. The van der Waals surface area contributed by atoms with Gasteiger partial charge >= 0.3 is 0 Å². The molecule has 0 amide bonds. The van der Waals surface area contributed by atoms with Crippen LogP contribution in [0.25, 0.3) is 10.6 Å². The lowest BCUT2D eigenvalue weighted by atomic mass is 10.2. The molecular formula is C12H12BrClN2S. The van der Waals surface area contributed by atoms with Gasteiger partial charge in [0.2, 0.25) is 0 Å². The maximum absolute atomic E-state index is 5.87. The predicted molar refractivity (Wildman–Crippen MR) is 77.9 cm³/mol. The fraction of sp³-hybridized carbons (Fsp3) is 0.250. The van der Waals surface area contributed by atoms with Crippen molar-refractivity contribution in [2.45, 2.75) is 6.42 Å². The summed E-state index contributed by atoms with van der Waals surface area (Å²) in [4.78, 5) is 4.64. The van der Waals surface area contributed by atoms with Crippen LogP contribution < -0.4 is 5.32 Å². The highest BCUT2D eigenvalue weighted by atomic mass is 79.9. The first-order valence-corrected chi connectivity index (χ1v) is 7.25. The zero-order valence-electron chi connectivity index (χ0n) is 9.34. The zero-order chi connectivity index (χ0) is 12.3. The molecule has 0 unspecified atom stereocenters. The van der Waals surface area contributed by atoms with Crippen molar-refractivity contribution in [2.24, 2.45) is 0 Å². The Morgan fingerprint density at radius 2 is 2.06 bits per heavy atom. The molecule has 0 bridgehead atoms. The summed E-state index contributed by atoms with van der Waals surface area (Å²) in [7, 11) is 1.94. The number of hydrogen-bond donors (Lipinski definition) is 1. The lowest BCUT2D eigenvalue weighted by Crippen LogP contribution is -2.10. The van der Waals surface area contributed by atoms with Crippen LogP contribution in [0.4, 0.5) is 0 Å². The third kappa shape index (κ3) is 3.28. The summed E-state index contributed by atoms with van der Waals surface area (Å²) in [6.07, 6.45) is 0.932. The molecule has 2 aromatic rings. The monoisotopic (exact) mass is 330 g/mol. The van der Waals surface area contributed by atoms with Gasteiger partial charge in [-0.2, -0.15) is 0 Å². The molecule has 0 aliphatic heterocycles. The molecule has 1 heterocycles. The molecule has 0 saturated carbocycles. The summed E-state index contributed by atoms with van der Waals surface area (Å²) >= 11 is 11.1. The molecular weight excluding hydrogens is 320 g/mol. The Labute approximate surface area is 118 Å². The van der Waals surface area contributed by atoms with E-state index in [-0.39, 0.29) is 0 Å². The first-order valence-electron chi connectivity index (χ1n) is 5.26. The maximum atomic E-state index is 5.87. The Balaban J connectivity index is 2.24. The number of nitrogens with one attached hydrogen (secondary N) is 1. The van der Waals surface area contributed by atoms with E-state index in [0.29, 0.717) is 0 Å². The predicted octanol–water partition coefficient (Wildman–Crippen LogP) is 3.99. The van der Waals surface area contributed by atoms with E-state index >= 15 is 0 Å². The van der Waals surface area contributed by atoms with Crippen molar-refractivity contribution >= 4 is 38.9 Å². The van der Waals surface area contributed by atoms with Crippen molar-refractivity contribution in [3.8, 4) is 10.6 Å². The summed E-state index contributed by atoms with van der Waals surface area (Å²) in [6, 6.07) is 7.77. The summed E-state index contributed by atoms with van der Waals surface area (Å²) < 4.78 is 1.11. The van der Waals surface area contributed by atoms with Crippen molar-refractivity contribution in [3.63, 3.8) is 0 Å². The largest absolute Gasteiger partial charge is 0.319 e. The minimum absolute atomic E-state index is 0.750. The average Bonchev–Trinajstić information content (AvgIpc) is 2.69. The molecule has 0 radical (unpaired) electrons. The van der Waals surface area contributed by atoms with E-state index in [9.17, 15) is 0 Å². The summed E-state index contributed by atoms with van der Waals surface area (Å²) in [5.41, 5.74) is 2.21. The third-order valence-electron chi connectivity index (χ3n) is 2.35. The van der Waals surface area contributed by atoms with Crippen LogP contribution >= 0.6 is 38.9 Å². The van der Waals surface area contributed by atoms with Crippen molar-refractivity contribution in [2.75, 3.05) is 13.6 Å². The standard InChI is InChI=1S/C12H12BrClN2S/c1-15-7-6-10-11(13)17-12(16-10)8-2-4-9(14)5-3-8/h2-5,15H,6-7H2,1H3. The van der Waals surface area contributed by atoms with E-state index in [0.717, 1.165) is 38.0 Å².